The van der Waals surface area contributed by atoms with Crippen molar-refractivity contribution in [3.05, 3.63) is 218 Å². The topological polar surface area (TPSA) is 149 Å². The zero-order valence-corrected chi connectivity index (χ0v) is 53.4. The minimum absolute atomic E-state index is 0. The quantitative estimate of drug-likeness (QED) is 0.0158. The average Bonchev–Trinajstić information content (AvgIpc) is 0.719. The van der Waals surface area contributed by atoms with E-state index in [1.165, 1.54) is 55.2 Å². The fourth-order valence-corrected chi connectivity index (χ4v) is 15.2. The van der Waals surface area contributed by atoms with Gasteiger partial charge in [-0.15, -0.1) is 0 Å². The van der Waals surface area contributed by atoms with Gasteiger partial charge in [0.15, 0.2) is 5.78 Å². The predicted octanol–water partition coefficient (Wildman–Crippen LogP) is 6.50. The second-order valence-electron chi connectivity index (χ2n) is 25.8. The molecule has 92 heavy (non-hydrogen) atoms. The molecule has 12 nitrogen and oxygen atoms in total. The molecular formula is C77H86B2ClN5O7. The summed E-state index contributed by atoms with van der Waals surface area (Å²) in [7, 11) is -3.30. The smallest absolute Gasteiger partial charge is 0.488 e. The van der Waals surface area contributed by atoms with Gasteiger partial charge >= 0.3 is 14.2 Å². The number of unbranched alkanes of at least 4 members (excludes halogenated alkanes) is 1. The van der Waals surface area contributed by atoms with Crippen LogP contribution >= 0.6 is 0 Å². The number of rotatable bonds is 23. The number of aryl methyl sites for hydroxylation is 2. The minimum atomic E-state index is -1.65. The number of allylic oxidation sites excluding steroid dienone is 1. The number of ether oxygens (including phenoxy) is 1. The second-order valence-corrected chi connectivity index (χ2v) is 25.8. The van der Waals surface area contributed by atoms with E-state index >= 15 is 0 Å². The van der Waals surface area contributed by atoms with E-state index in [1.54, 1.807) is 26.0 Å². The van der Waals surface area contributed by atoms with E-state index in [1.807, 2.05) is 36.4 Å². The van der Waals surface area contributed by atoms with Crippen LogP contribution < -0.4 is 53.4 Å². The summed E-state index contributed by atoms with van der Waals surface area (Å²) >= 11 is 0. The highest BCUT2D eigenvalue weighted by Gasteiger charge is 2.36. The van der Waals surface area contributed by atoms with Crippen LogP contribution in [0.25, 0.3) is 38.2 Å². The summed E-state index contributed by atoms with van der Waals surface area (Å²) in [6, 6.07) is 44.7. The van der Waals surface area contributed by atoms with Gasteiger partial charge in [-0.3, -0.25) is 19.4 Å². The van der Waals surface area contributed by atoms with E-state index in [0.29, 0.717) is 87.1 Å². The molecule has 5 aliphatic rings. The fourth-order valence-electron chi connectivity index (χ4n) is 15.2. The second kappa shape index (κ2) is 28.7. The number of carbonyl (C=O) groups is 2. The number of anilines is 1. The molecule has 5 N–H and O–H groups in total. The number of nitrogens with zero attached hydrogens (tertiary/aromatic N) is 4. The standard InChI is InChI=1S/C76H81B2N5O7.CH4.ClH/c1-49(2)70(84)28-11-12-36-80(45-56-18-5-9-26-68(56)77(86)87)48-67-59-23-8-7-22-58(59)66(47-81(37-17-35-79-76(85)50(3)4)46-57-19-6-10-27-69(57)78(88)89)60-34-33-53(42-63(60)67)51-29-31-52(32-30-51)71-64-43-54-20-13-38-82-40-15-24-61(72(54)82)74(64)90-75-62-25-16-41-83-39-14-21-55(73(62)83)44-65(71)75;;/h5-10,18-19,22-23,26-27,29-34,42-44,86-89H,1,3,11-17,20-21,24-25,28,35-41,45-48H2,2,4H3;1H4;1H. The van der Waals surface area contributed by atoms with Crippen LogP contribution in [0.3, 0.4) is 0 Å². The molecule has 5 aliphatic heterocycles. The Kier molecular flexibility index (Phi) is 20.5. The van der Waals surface area contributed by atoms with Gasteiger partial charge in [0.05, 0.1) is 5.56 Å². The van der Waals surface area contributed by atoms with Crippen molar-refractivity contribution in [3.63, 3.8) is 0 Å². The maximum Gasteiger partial charge on any atom is 0.488 e. The SMILES string of the molecule is C.C=C(C)C(=O)CCCCN(Cc1ccccc1B(O)O)Cc1c2ccccc2c(CN(CCCNC(=O)C(=C)C)Cc2ccccc2B(O)O)c2ccc(-c3ccc(C4=c5cc6c7c(c5Oc5c4cc4c8c5CCCN8CCC4)CCC[N+]=7CCC6)cc3)cc12.[Cl-]. The summed E-state index contributed by atoms with van der Waals surface area (Å²) in [5, 5.41) is 52.5. The molecule has 0 saturated carbocycles. The lowest BCUT2D eigenvalue weighted by Gasteiger charge is -2.39. The normalized spacial score (nSPS) is 14.4. The summed E-state index contributed by atoms with van der Waals surface area (Å²) in [6.45, 7) is 19.2. The Morgan fingerprint density at radius 3 is 1.82 bits per heavy atom. The van der Waals surface area contributed by atoms with Crippen molar-refractivity contribution in [1.29, 1.82) is 0 Å². The van der Waals surface area contributed by atoms with Gasteiger partial charge in [-0.1, -0.05) is 130 Å². The van der Waals surface area contributed by atoms with Gasteiger partial charge < -0.3 is 47.5 Å². The number of Topliss-reactive ketones (excluding diaryl/α,β-unsaturated/α-hetero) is 1. The van der Waals surface area contributed by atoms with E-state index in [4.69, 9.17) is 4.74 Å². The van der Waals surface area contributed by atoms with E-state index in [9.17, 15) is 29.7 Å². The van der Waals surface area contributed by atoms with Crippen LogP contribution in [0.4, 0.5) is 5.69 Å². The highest BCUT2D eigenvalue weighted by Crippen LogP contribution is 2.49. The van der Waals surface area contributed by atoms with Crippen molar-refractivity contribution in [2.45, 2.75) is 125 Å². The summed E-state index contributed by atoms with van der Waals surface area (Å²) in [5.41, 5.74) is 18.6. The zero-order chi connectivity index (χ0) is 62.2. The van der Waals surface area contributed by atoms with Crippen LogP contribution in [-0.2, 0) is 61.5 Å². The number of nitrogens with one attached hydrogen (secondary N) is 1. The van der Waals surface area contributed by atoms with Crippen molar-refractivity contribution in [1.82, 2.24) is 19.7 Å². The lowest BCUT2D eigenvalue weighted by Crippen LogP contribution is -3.00. The number of benzene rings is 8. The van der Waals surface area contributed by atoms with Crippen molar-refractivity contribution in [2.24, 2.45) is 0 Å². The van der Waals surface area contributed by atoms with Crippen molar-refractivity contribution in [3.8, 4) is 22.6 Å². The van der Waals surface area contributed by atoms with E-state index < -0.39 is 14.2 Å². The molecule has 0 unspecified atom stereocenters. The molecule has 0 aliphatic carbocycles. The van der Waals surface area contributed by atoms with Gasteiger partial charge in [0.2, 0.25) is 11.3 Å². The molecular weight excluding hydrogens is 1160 g/mol. The highest BCUT2D eigenvalue weighted by molar-refractivity contribution is 6.59. The molecule has 13 rings (SSSR count). The van der Waals surface area contributed by atoms with Gasteiger partial charge in [-0.25, -0.2) is 4.58 Å². The van der Waals surface area contributed by atoms with Gasteiger partial charge in [0.25, 0.3) is 0 Å². The average molecular weight is 1250 g/mol. The summed E-state index contributed by atoms with van der Waals surface area (Å²) in [5.74, 6) is 1.98. The van der Waals surface area contributed by atoms with Crippen molar-refractivity contribution >= 4 is 69.7 Å². The molecule has 0 atom stereocenters. The first-order valence-electron chi connectivity index (χ1n) is 32.7. The number of fused-ring (bicyclic) bond motifs is 6. The molecule has 474 valence electrons. The Hall–Kier alpha value is -7.65. The number of hydrogen-bond donors (Lipinski definition) is 5. The molecule has 0 saturated heterocycles. The summed E-state index contributed by atoms with van der Waals surface area (Å²) in [4.78, 5) is 32.9. The molecule has 5 heterocycles. The Morgan fingerprint density at radius 1 is 0.598 bits per heavy atom. The number of hydrogen-bond acceptors (Lipinski definition) is 10. The first kappa shape index (κ1) is 65.8. The Bertz CT molecular complexity index is 4300. The molecule has 0 radical (unpaired) electrons. The Labute approximate surface area is 549 Å². The van der Waals surface area contributed by atoms with Crippen molar-refractivity contribution in [2.75, 3.05) is 50.7 Å². The molecule has 8 aromatic rings. The maximum atomic E-state index is 12.9. The molecule has 15 heteroatoms. The predicted molar refractivity (Wildman–Crippen MR) is 371 cm³/mol. The van der Waals surface area contributed by atoms with Crippen LogP contribution in [0.2, 0.25) is 0 Å². The molecule has 0 aromatic heterocycles. The van der Waals surface area contributed by atoms with Crippen LogP contribution in [0.1, 0.15) is 128 Å². The molecule has 0 bridgehead atoms. The van der Waals surface area contributed by atoms with Gasteiger partial charge in [-0.05, 0) is 179 Å². The first-order valence-corrected chi connectivity index (χ1v) is 32.7. The minimum Gasteiger partial charge on any atom is -1.00 e. The monoisotopic (exact) mass is 1250 g/mol. The van der Waals surface area contributed by atoms with Gasteiger partial charge in [-0.2, -0.15) is 0 Å². The maximum absolute atomic E-state index is 12.9. The molecule has 0 spiro atoms. The van der Waals surface area contributed by atoms with Crippen molar-refractivity contribution < 1.29 is 46.8 Å². The van der Waals surface area contributed by atoms with Crippen LogP contribution in [0, 0.1) is 0 Å². The number of carbonyl (C=O) groups excluding carboxylic acids is 2. The fraction of sp³-hybridized carbons (Fsp3) is 0.338. The van der Waals surface area contributed by atoms with Gasteiger partial charge in [0, 0.05) is 110 Å². The number of ketones is 1. The third-order valence-corrected chi connectivity index (χ3v) is 19.6. The highest BCUT2D eigenvalue weighted by atomic mass is 35.5. The Morgan fingerprint density at radius 2 is 1.16 bits per heavy atom. The van der Waals surface area contributed by atoms with Crippen LogP contribution in [-0.4, -0.2) is 102 Å². The first-order chi connectivity index (χ1) is 43.8. The lowest BCUT2D eigenvalue weighted by molar-refractivity contribution is -0.117. The van der Waals surface area contributed by atoms with E-state index in [2.05, 4.69) is 117 Å². The van der Waals surface area contributed by atoms with Crippen LogP contribution in [0.5, 0.6) is 11.5 Å². The zero-order valence-electron chi connectivity index (χ0n) is 52.6. The molecule has 1 amide bonds. The Balaban J connectivity index is 0.00000433. The third-order valence-electron chi connectivity index (χ3n) is 19.6. The summed E-state index contributed by atoms with van der Waals surface area (Å²) < 4.78 is 10.0. The van der Waals surface area contributed by atoms with E-state index in [-0.39, 0.29) is 31.5 Å². The molecule has 8 aromatic carbocycles. The van der Waals surface area contributed by atoms with E-state index in [0.717, 1.165) is 150 Å². The largest absolute Gasteiger partial charge is 1.00 e. The summed E-state index contributed by atoms with van der Waals surface area (Å²) in [6.07, 6.45) is 11.2. The van der Waals surface area contributed by atoms with Crippen LogP contribution in [0.15, 0.2) is 152 Å². The third kappa shape index (κ3) is 13.3. The number of amides is 1. The lowest BCUT2D eigenvalue weighted by atomic mass is 9.77. The molecule has 0 fully saturated rings. The van der Waals surface area contributed by atoms with Gasteiger partial charge in [0.1, 0.15) is 24.6 Å². The number of halogens is 1.